The molecule has 0 spiro atoms. The summed E-state index contributed by atoms with van der Waals surface area (Å²) in [4.78, 5) is 0. The third kappa shape index (κ3) is 4.22. The van der Waals surface area contributed by atoms with Gasteiger partial charge in [0.15, 0.2) is 0 Å². The number of hydrogen-bond donors (Lipinski definition) is 0. The van der Waals surface area contributed by atoms with Crippen LogP contribution in [-0.4, -0.2) is 38.6 Å². The zero-order valence-corrected chi connectivity index (χ0v) is 25.8. The van der Waals surface area contributed by atoms with Crippen molar-refractivity contribution in [3.05, 3.63) is 156 Å². The molecule has 2 fully saturated rings. The topological polar surface area (TPSA) is 43.5 Å². The monoisotopic (exact) mass is 612 g/mol. The number of ether oxygens (including phenoxy) is 4. The molecule has 2 heterocycles. The molecule has 2 aliphatic heterocycles. The smallest absolute Gasteiger partial charge is 0.127 e. The maximum atomic E-state index is 6.38. The van der Waals surface area contributed by atoms with Crippen LogP contribution in [0.4, 0.5) is 0 Å². The summed E-state index contributed by atoms with van der Waals surface area (Å²) in [6.07, 6.45) is 0.362. The lowest BCUT2D eigenvalue weighted by molar-refractivity contribution is 0.265. The molecule has 4 nitrogen and oxygen atoms in total. The van der Waals surface area contributed by atoms with Gasteiger partial charge in [0.05, 0.1) is 18.6 Å². The summed E-state index contributed by atoms with van der Waals surface area (Å²) in [5.74, 6) is 1.77. The van der Waals surface area contributed by atoms with Gasteiger partial charge in [-0.2, -0.15) is 0 Å². The van der Waals surface area contributed by atoms with Gasteiger partial charge in [0.1, 0.15) is 36.9 Å². The van der Waals surface area contributed by atoms with Crippen molar-refractivity contribution in [2.75, 3.05) is 26.4 Å². The van der Waals surface area contributed by atoms with Crippen molar-refractivity contribution in [2.24, 2.45) is 0 Å². The van der Waals surface area contributed by atoms with Gasteiger partial charge < -0.3 is 18.9 Å². The second-order valence-corrected chi connectivity index (χ2v) is 12.9. The fourth-order valence-corrected chi connectivity index (χ4v) is 7.85. The Balaban J connectivity index is 1.32. The average molecular weight is 613 g/mol. The predicted molar refractivity (Wildman–Crippen MR) is 187 cm³/mol. The number of benzene rings is 7. The molecule has 0 aromatic heterocycles. The summed E-state index contributed by atoms with van der Waals surface area (Å²) in [6.45, 7) is 2.65. The minimum atomic E-state index is -0.620. The number of epoxide rings is 2. The lowest BCUT2D eigenvalue weighted by Gasteiger charge is -2.36. The number of fused-ring (bicyclic) bond motifs is 6. The Morgan fingerprint density at radius 2 is 0.957 bits per heavy atom. The van der Waals surface area contributed by atoms with Crippen LogP contribution in [0.3, 0.4) is 0 Å². The summed E-state index contributed by atoms with van der Waals surface area (Å²) in [6, 6.07) is 48.8. The Morgan fingerprint density at radius 1 is 0.468 bits per heavy atom. The predicted octanol–water partition coefficient (Wildman–Crippen LogP) is 9.06. The van der Waals surface area contributed by atoms with Gasteiger partial charge in [0.2, 0.25) is 0 Å². The molecule has 2 atom stereocenters. The van der Waals surface area contributed by atoms with Crippen molar-refractivity contribution in [3.63, 3.8) is 0 Å². The molecule has 47 heavy (non-hydrogen) atoms. The summed E-state index contributed by atoms with van der Waals surface area (Å²) >= 11 is 0. The normalized spacial score (nSPS) is 20.7. The Hall–Kier alpha value is -5.16. The van der Waals surface area contributed by atoms with Crippen LogP contribution < -0.4 is 9.47 Å². The van der Waals surface area contributed by atoms with Gasteiger partial charge in [0.25, 0.3) is 0 Å². The zero-order valence-electron chi connectivity index (χ0n) is 25.8. The van der Waals surface area contributed by atoms with Crippen LogP contribution in [0.15, 0.2) is 133 Å². The quantitative estimate of drug-likeness (QED) is 0.161. The van der Waals surface area contributed by atoms with E-state index >= 15 is 0 Å². The van der Waals surface area contributed by atoms with Crippen LogP contribution in [0.25, 0.3) is 43.4 Å². The molecule has 0 N–H and O–H groups in total. The van der Waals surface area contributed by atoms with E-state index in [1.807, 2.05) is 0 Å². The molecule has 2 unspecified atom stereocenters. The van der Waals surface area contributed by atoms with Gasteiger partial charge in [-0.1, -0.05) is 109 Å². The fraction of sp³-hybridized carbons (Fsp3) is 0.163. The SMILES string of the molecule is c1ccc2c(c1)-c1cc3ccccc3cc1C2(c1cccc2c(OCC3CO3)cccc12)c1cccc2c(OCC3CO3)cccc12. The van der Waals surface area contributed by atoms with Crippen LogP contribution >= 0.6 is 0 Å². The summed E-state index contributed by atoms with van der Waals surface area (Å²) < 4.78 is 23.7. The molecule has 7 aromatic rings. The molecule has 7 aromatic carbocycles. The lowest BCUT2D eigenvalue weighted by atomic mass is 9.65. The van der Waals surface area contributed by atoms with E-state index < -0.39 is 5.41 Å². The van der Waals surface area contributed by atoms with E-state index in [-0.39, 0.29) is 12.2 Å². The molecule has 0 radical (unpaired) electrons. The molecule has 0 saturated carbocycles. The molecule has 1 aliphatic carbocycles. The second kappa shape index (κ2) is 10.4. The van der Waals surface area contributed by atoms with Gasteiger partial charge in [-0.15, -0.1) is 0 Å². The molecule has 10 rings (SSSR count). The standard InChI is InChI=1S/C43H32O4/c1-2-10-28-22-40-36(21-27(28)9-1)33-11-3-4-16-37(33)43(40,38-17-5-14-34-31(38)12-7-19-41(34)46-25-29-23-44-29)39-18-6-15-35-32(39)13-8-20-42(35)47-26-30-24-45-30/h1-22,29-30H,23-26H2. The number of hydrogen-bond acceptors (Lipinski definition) is 4. The van der Waals surface area contributed by atoms with Crippen LogP contribution in [0.2, 0.25) is 0 Å². The second-order valence-electron chi connectivity index (χ2n) is 12.9. The highest BCUT2D eigenvalue weighted by atomic mass is 16.6. The summed E-state index contributed by atoms with van der Waals surface area (Å²) in [5, 5.41) is 7.02. The third-order valence-electron chi connectivity index (χ3n) is 10.1. The van der Waals surface area contributed by atoms with Crippen molar-refractivity contribution in [2.45, 2.75) is 17.6 Å². The van der Waals surface area contributed by atoms with Gasteiger partial charge in [-0.3, -0.25) is 0 Å². The summed E-state index contributed by atoms with van der Waals surface area (Å²) in [7, 11) is 0. The van der Waals surface area contributed by atoms with Crippen LogP contribution in [0.1, 0.15) is 22.3 Å². The number of rotatable bonds is 8. The van der Waals surface area contributed by atoms with Crippen LogP contribution in [0, 0.1) is 0 Å². The molecule has 3 aliphatic rings. The lowest BCUT2D eigenvalue weighted by Crippen LogP contribution is -2.29. The molecule has 4 heteroatoms. The van der Waals surface area contributed by atoms with Crippen molar-refractivity contribution in [1.29, 1.82) is 0 Å². The third-order valence-corrected chi connectivity index (χ3v) is 10.1. The first-order valence-electron chi connectivity index (χ1n) is 16.5. The highest BCUT2D eigenvalue weighted by Gasteiger charge is 2.48. The molecule has 228 valence electrons. The van der Waals surface area contributed by atoms with E-state index in [4.69, 9.17) is 18.9 Å². The zero-order chi connectivity index (χ0) is 31.0. The summed E-state index contributed by atoms with van der Waals surface area (Å²) in [5.41, 5.74) is 6.94. The Labute approximate surface area is 273 Å². The first kappa shape index (κ1) is 27.0. The Bertz CT molecular complexity index is 2250. The Morgan fingerprint density at radius 3 is 1.55 bits per heavy atom. The van der Waals surface area contributed by atoms with E-state index in [1.165, 1.54) is 54.9 Å². The Kier molecular flexibility index (Phi) is 5.99. The maximum Gasteiger partial charge on any atom is 0.127 e. The first-order chi connectivity index (χ1) is 23.3. The molecular weight excluding hydrogens is 580 g/mol. The van der Waals surface area contributed by atoms with Gasteiger partial charge in [-0.05, 0) is 79.2 Å². The average Bonchev–Trinajstić information content (AvgIpc) is 4.07. The van der Waals surface area contributed by atoms with Gasteiger partial charge in [-0.25, -0.2) is 0 Å². The maximum absolute atomic E-state index is 6.38. The van der Waals surface area contributed by atoms with E-state index in [1.54, 1.807) is 0 Å². The van der Waals surface area contributed by atoms with E-state index in [0.717, 1.165) is 35.5 Å². The van der Waals surface area contributed by atoms with E-state index in [2.05, 4.69) is 133 Å². The molecule has 2 saturated heterocycles. The largest absolute Gasteiger partial charge is 0.490 e. The van der Waals surface area contributed by atoms with Crippen molar-refractivity contribution in [3.8, 4) is 22.6 Å². The minimum Gasteiger partial charge on any atom is -0.490 e. The van der Waals surface area contributed by atoms with Gasteiger partial charge >= 0.3 is 0 Å². The van der Waals surface area contributed by atoms with Crippen molar-refractivity contribution in [1.82, 2.24) is 0 Å². The van der Waals surface area contributed by atoms with E-state index in [9.17, 15) is 0 Å². The minimum absolute atomic E-state index is 0.181. The van der Waals surface area contributed by atoms with Gasteiger partial charge in [0, 0.05) is 10.8 Å². The van der Waals surface area contributed by atoms with Crippen LogP contribution in [0.5, 0.6) is 11.5 Å². The van der Waals surface area contributed by atoms with Crippen molar-refractivity contribution < 1.29 is 18.9 Å². The molecule has 0 amide bonds. The highest BCUT2D eigenvalue weighted by molar-refractivity contribution is 6.03. The fourth-order valence-electron chi connectivity index (χ4n) is 7.85. The molecular formula is C43H32O4. The van der Waals surface area contributed by atoms with Crippen molar-refractivity contribution >= 4 is 32.3 Å². The first-order valence-corrected chi connectivity index (χ1v) is 16.5. The van der Waals surface area contributed by atoms with E-state index in [0.29, 0.717) is 13.2 Å². The molecule has 0 bridgehead atoms. The van der Waals surface area contributed by atoms with Crippen LogP contribution in [-0.2, 0) is 14.9 Å². The highest BCUT2D eigenvalue weighted by Crippen LogP contribution is 2.59.